The van der Waals surface area contributed by atoms with Crippen molar-refractivity contribution in [3.8, 4) is 0 Å². The van der Waals surface area contributed by atoms with Crippen LogP contribution < -0.4 is 5.32 Å². The van der Waals surface area contributed by atoms with Gasteiger partial charge in [-0.15, -0.1) is 0 Å². The summed E-state index contributed by atoms with van der Waals surface area (Å²) in [7, 11) is 1.60. The van der Waals surface area contributed by atoms with E-state index >= 15 is 0 Å². The van der Waals surface area contributed by atoms with Crippen LogP contribution in [0.3, 0.4) is 0 Å². The normalized spacial score (nSPS) is 15.3. The van der Waals surface area contributed by atoms with Crippen molar-refractivity contribution in [3.05, 3.63) is 18.1 Å². The van der Waals surface area contributed by atoms with Gasteiger partial charge in [0.15, 0.2) is 0 Å². The van der Waals surface area contributed by atoms with Crippen molar-refractivity contribution in [1.82, 2.24) is 19.8 Å². The van der Waals surface area contributed by atoms with Crippen LogP contribution in [0.15, 0.2) is 12.4 Å². The fourth-order valence-electron chi connectivity index (χ4n) is 1.77. The predicted octanol–water partition coefficient (Wildman–Crippen LogP) is 0.692. The van der Waals surface area contributed by atoms with E-state index < -0.39 is 0 Å². The first-order valence-corrected chi connectivity index (χ1v) is 6.22. The van der Waals surface area contributed by atoms with Gasteiger partial charge in [0.1, 0.15) is 12.4 Å². The molecule has 1 fully saturated rings. The van der Waals surface area contributed by atoms with E-state index in [9.17, 15) is 9.59 Å². The second-order valence-corrected chi connectivity index (χ2v) is 4.44. The van der Waals surface area contributed by atoms with Crippen LogP contribution in [0.1, 0.15) is 19.0 Å². The minimum atomic E-state index is -0.292. The fourth-order valence-corrected chi connectivity index (χ4v) is 1.77. The van der Waals surface area contributed by atoms with Gasteiger partial charge in [-0.25, -0.2) is 9.78 Å². The minimum absolute atomic E-state index is 0.127. The Bertz CT molecular complexity index is 474. The van der Waals surface area contributed by atoms with Crippen molar-refractivity contribution >= 4 is 17.8 Å². The van der Waals surface area contributed by atoms with Crippen LogP contribution in [-0.2, 0) is 11.3 Å². The number of amides is 3. The summed E-state index contributed by atoms with van der Waals surface area (Å²) in [5.74, 6) is 0.490. The van der Waals surface area contributed by atoms with E-state index in [0.717, 1.165) is 13.0 Å². The number of aromatic nitrogens is 2. The van der Waals surface area contributed by atoms with Crippen LogP contribution in [0.5, 0.6) is 0 Å². The average Bonchev–Trinajstić information content (AvgIpc) is 2.64. The molecule has 19 heavy (non-hydrogen) atoms. The molecule has 0 atom stereocenters. The van der Waals surface area contributed by atoms with Crippen LogP contribution in [0.4, 0.5) is 10.6 Å². The summed E-state index contributed by atoms with van der Waals surface area (Å²) < 4.78 is 0. The van der Waals surface area contributed by atoms with Crippen LogP contribution in [-0.4, -0.2) is 51.8 Å². The molecule has 0 radical (unpaired) electrons. The molecule has 3 amide bonds. The van der Waals surface area contributed by atoms with Gasteiger partial charge in [0.2, 0.25) is 0 Å². The molecule has 1 N–H and O–H groups in total. The van der Waals surface area contributed by atoms with Crippen molar-refractivity contribution in [1.29, 1.82) is 0 Å². The van der Waals surface area contributed by atoms with Crippen molar-refractivity contribution < 1.29 is 9.59 Å². The van der Waals surface area contributed by atoms with Gasteiger partial charge in [0, 0.05) is 13.6 Å². The largest absolute Gasteiger partial charge is 0.369 e. The second kappa shape index (κ2) is 5.64. The third-order valence-electron chi connectivity index (χ3n) is 2.81. The number of hydrogen-bond acceptors (Lipinski definition) is 5. The molecule has 0 aliphatic carbocycles. The summed E-state index contributed by atoms with van der Waals surface area (Å²) in [5.41, 5.74) is 0.596. The molecule has 1 aromatic rings. The molecular formula is C12H17N5O2. The van der Waals surface area contributed by atoms with Crippen LogP contribution in [0.2, 0.25) is 0 Å². The zero-order valence-corrected chi connectivity index (χ0v) is 11.1. The molecule has 1 aliphatic heterocycles. The van der Waals surface area contributed by atoms with E-state index in [2.05, 4.69) is 22.2 Å². The lowest BCUT2D eigenvalue weighted by Gasteiger charge is -2.13. The predicted molar refractivity (Wildman–Crippen MR) is 69.4 cm³/mol. The molecule has 1 saturated heterocycles. The van der Waals surface area contributed by atoms with Crippen LogP contribution in [0, 0.1) is 0 Å². The maximum atomic E-state index is 11.7. The molecule has 1 aromatic heterocycles. The Labute approximate surface area is 111 Å². The van der Waals surface area contributed by atoms with Gasteiger partial charge in [-0.05, 0) is 6.42 Å². The topological polar surface area (TPSA) is 78.4 Å². The number of carbonyl (C=O) groups excluding carboxylic acids is 2. The number of nitrogens with zero attached hydrogens (tertiary/aromatic N) is 4. The summed E-state index contributed by atoms with van der Waals surface area (Å²) in [5, 5.41) is 3.11. The molecule has 0 spiro atoms. The number of rotatable bonds is 5. The smallest absolute Gasteiger partial charge is 0.327 e. The molecule has 0 bridgehead atoms. The summed E-state index contributed by atoms with van der Waals surface area (Å²) >= 11 is 0. The SMILES string of the molecule is CCCNc1cnc(CN2C(=O)CN(C)C2=O)cn1. The van der Waals surface area contributed by atoms with Gasteiger partial charge in [-0.3, -0.25) is 14.7 Å². The van der Waals surface area contributed by atoms with Crippen molar-refractivity contribution in [2.24, 2.45) is 0 Å². The van der Waals surface area contributed by atoms with Crippen molar-refractivity contribution in [2.75, 3.05) is 25.5 Å². The first-order valence-electron chi connectivity index (χ1n) is 6.22. The van der Waals surface area contributed by atoms with E-state index in [1.54, 1.807) is 19.4 Å². The van der Waals surface area contributed by atoms with E-state index in [1.165, 1.54) is 9.80 Å². The second-order valence-electron chi connectivity index (χ2n) is 4.44. The summed E-state index contributed by atoms with van der Waals surface area (Å²) in [4.78, 5) is 34.3. The molecule has 102 valence electrons. The van der Waals surface area contributed by atoms with E-state index in [4.69, 9.17) is 0 Å². The Morgan fingerprint density at radius 3 is 2.63 bits per heavy atom. The van der Waals surface area contributed by atoms with E-state index in [-0.39, 0.29) is 25.0 Å². The lowest BCUT2D eigenvalue weighted by atomic mass is 10.4. The summed E-state index contributed by atoms with van der Waals surface area (Å²) in [6.45, 7) is 3.20. The highest BCUT2D eigenvalue weighted by atomic mass is 16.2. The van der Waals surface area contributed by atoms with E-state index in [1.807, 2.05) is 0 Å². The number of urea groups is 1. The summed E-state index contributed by atoms with van der Waals surface area (Å²) in [6, 6.07) is -0.292. The molecule has 0 unspecified atom stereocenters. The third-order valence-corrected chi connectivity index (χ3v) is 2.81. The van der Waals surface area contributed by atoms with Crippen LogP contribution >= 0.6 is 0 Å². The zero-order chi connectivity index (χ0) is 13.8. The number of imide groups is 1. The Morgan fingerprint density at radius 2 is 2.11 bits per heavy atom. The Morgan fingerprint density at radius 1 is 1.32 bits per heavy atom. The van der Waals surface area contributed by atoms with Gasteiger partial charge in [0.05, 0.1) is 24.6 Å². The molecular weight excluding hydrogens is 246 g/mol. The Kier molecular flexibility index (Phi) is 3.94. The lowest BCUT2D eigenvalue weighted by Crippen LogP contribution is -2.31. The average molecular weight is 263 g/mol. The van der Waals surface area contributed by atoms with Gasteiger partial charge < -0.3 is 10.2 Å². The molecule has 0 saturated carbocycles. The number of likely N-dealkylation sites (N-methyl/N-ethyl adjacent to an activating group) is 1. The van der Waals surface area contributed by atoms with Crippen LogP contribution in [0.25, 0.3) is 0 Å². The maximum absolute atomic E-state index is 11.7. The Balaban J connectivity index is 1.99. The molecule has 2 heterocycles. The highest BCUT2D eigenvalue weighted by Crippen LogP contribution is 2.12. The standard InChI is InChI=1S/C12H17N5O2/c1-3-4-13-10-6-14-9(5-15-10)7-17-11(18)8-16(2)12(17)19/h5-6H,3-4,7-8H2,1-2H3,(H,13,15). The zero-order valence-electron chi connectivity index (χ0n) is 11.1. The van der Waals surface area contributed by atoms with Crippen molar-refractivity contribution in [2.45, 2.75) is 19.9 Å². The molecule has 7 heteroatoms. The lowest BCUT2D eigenvalue weighted by molar-refractivity contribution is -0.125. The molecule has 2 rings (SSSR count). The molecule has 0 aromatic carbocycles. The highest BCUT2D eigenvalue weighted by molar-refractivity contribution is 6.01. The molecule has 1 aliphatic rings. The summed E-state index contributed by atoms with van der Waals surface area (Å²) in [6.07, 6.45) is 4.20. The van der Waals surface area contributed by atoms with Gasteiger partial charge in [-0.1, -0.05) is 6.92 Å². The first-order chi connectivity index (χ1) is 9.11. The van der Waals surface area contributed by atoms with Gasteiger partial charge in [-0.2, -0.15) is 0 Å². The number of carbonyl (C=O) groups is 2. The number of anilines is 1. The number of hydrogen-bond donors (Lipinski definition) is 1. The monoisotopic (exact) mass is 263 g/mol. The van der Waals surface area contributed by atoms with Gasteiger partial charge in [0.25, 0.3) is 5.91 Å². The minimum Gasteiger partial charge on any atom is -0.369 e. The number of nitrogens with one attached hydrogen (secondary N) is 1. The fraction of sp³-hybridized carbons (Fsp3) is 0.500. The Hall–Kier alpha value is -2.18. The van der Waals surface area contributed by atoms with E-state index in [0.29, 0.717) is 11.5 Å². The first kappa shape index (κ1) is 13.3. The quantitative estimate of drug-likeness (QED) is 0.791. The maximum Gasteiger partial charge on any atom is 0.327 e. The van der Waals surface area contributed by atoms with Crippen molar-refractivity contribution in [3.63, 3.8) is 0 Å². The van der Waals surface area contributed by atoms with Gasteiger partial charge >= 0.3 is 6.03 Å². The molecule has 7 nitrogen and oxygen atoms in total. The highest BCUT2D eigenvalue weighted by Gasteiger charge is 2.33. The third kappa shape index (κ3) is 2.98.